The molecule has 1 amide bonds. The maximum Gasteiger partial charge on any atom is 0.253 e. The summed E-state index contributed by atoms with van der Waals surface area (Å²) in [5.74, 6) is -1.80. The molecule has 0 spiro atoms. The molecule has 3 rings (SSSR count). The predicted octanol–water partition coefficient (Wildman–Crippen LogP) is 2.36. The molecular formula is C16H16F2N4O. The van der Waals surface area contributed by atoms with E-state index in [0.29, 0.717) is 13.1 Å². The third kappa shape index (κ3) is 3.28. The van der Waals surface area contributed by atoms with Gasteiger partial charge in [0.05, 0.1) is 0 Å². The fourth-order valence-electron chi connectivity index (χ4n) is 2.81. The van der Waals surface area contributed by atoms with Gasteiger partial charge in [0.2, 0.25) is 5.95 Å². The van der Waals surface area contributed by atoms with Gasteiger partial charge in [-0.2, -0.15) is 0 Å². The lowest BCUT2D eigenvalue weighted by Crippen LogP contribution is -2.38. The van der Waals surface area contributed by atoms with Gasteiger partial charge in [0.25, 0.3) is 5.91 Å². The van der Waals surface area contributed by atoms with Crippen molar-refractivity contribution in [3.8, 4) is 0 Å². The Morgan fingerprint density at radius 3 is 2.57 bits per heavy atom. The molecule has 0 aliphatic carbocycles. The first-order valence-corrected chi connectivity index (χ1v) is 7.37. The van der Waals surface area contributed by atoms with Gasteiger partial charge in [-0.3, -0.25) is 4.79 Å². The Morgan fingerprint density at radius 1 is 1.17 bits per heavy atom. The second-order valence-corrected chi connectivity index (χ2v) is 5.54. The van der Waals surface area contributed by atoms with Gasteiger partial charge in [-0.15, -0.1) is 0 Å². The Labute approximate surface area is 132 Å². The Morgan fingerprint density at radius 2 is 1.91 bits per heavy atom. The molecule has 1 fully saturated rings. The number of likely N-dealkylation sites (tertiary alicyclic amines) is 1. The smallest absolute Gasteiger partial charge is 0.253 e. The van der Waals surface area contributed by atoms with Crippen LogP contribution in [0.5, 0.6) is 0 Å². The topological polar surface area (TPSA) is 72.1 Å². The van der Waals surface area contributed by atoms with Crippen molar-refractivity contribution >= 4 is 11.9 Å². The van der Waals surface area contributed by atoms with Crippen LogP contribution in [-0.2, 0) is 0 Å². The number of carbonyl (C=O) groups excluding carboxylic acids is 1. The Hall–Kier alpha value is -2.57. The summed E-state index contributed by atoms with van der Waals surface area (Å²) in [5.41, 5.74) is 6.62. The molecule has 2 heterocycles. The third-order valence-electron chi connectivity index (χ3n) is 4.06. The number of carbonyl (C=O) groups is 1. The Balaban J connectivity index is 1.66. The van der Waals surface area contributed by atoms with E-state index in [9.17, 15) is 13.6 Å². The molecule has 0 unspecified atom stereocenters. The van der Waals surface area contributed by atoms with Crippen LogP contribution in [0.25, 0.3) is 0 Å². The summed E-state index contributed by atoms with van der Waals surface area (Å²) in [6, 6.07) is 5.04. The highest BCUT2D eigenvalue weighted by atomic mass is 19.2. The molecule has 2 aromatic rings. The minimum Gasteiger partial charge on any atom is -0.368 e. The van der Waals surface area contributed by atoms with Crippen LogP contribution in [0, 0.1) is 11.6 Å². The molecule has 120 valence electrons. The van der Waals surface area contributed by atoms with E-state index in [-0.39, 0.29) is 23.3 Å². The number of amides is 1. The highest BCUT2D eigenvalue weighted by Crippen LogP contribution is 2.27. The van der Waals surface area contributed by atoms with Gasteiger partial charge >= 0.3 is 0 Å². The first-order valence-electron chi connectivity index (χ1n) is 7.37. The molecule has 1 aliphatic rings. The maximum absolute atomic E-state index is 13.3. The number of hydrogen-bond acceptors (Lipinski definition) is 4. The van der Waals surface area contributed by atoms with Gasteiger partial charge in [0.15, 0.2) is 11.6 Å². The van der Waals surface area contributed by atoms with E-state index >= 15 is 0 Å². The lowest BCUT2D eigenvalue weighted by Gasteiger charge is -2.31. The molecule has 2 N–H and O–H groups in total. The number of benzene rings is 1. The number of nitrogens with two attached hydrogens (primary N) is 1. The molecule has 7 heteroatoms. The number of piperidine rings is 1. The Bertz CT molecular complexity index is 730. The van der Waals surface area contributed by atoms with E-state index in [4.69, 9.17) is 5.73 Å². The summed E-state index contributed by atoms with van der Waals surface area (Å²) in [6.07, 6.45) is 3.11. The first kappa shape index (κ1) is 15.3. The number of rotatable bonds is 2. The van der Waals surface area contributed by atoms with E-state index in [0.717, 1.165) is 30.7 Å². The van der Waals surface area contributed by atoms with Gasteiger partial charge in [-0.05, 0) is 37.1 Å². The fourth-order valence-corrected chi connectivity index (χ4v) is 2.81. The molecule has 0 atom stereocenters. The van der Waals surface area contributed by atoms with Crippen molar-refractivity contribution in [2.45, 2.75) is 18.8 Å². The Kier molecular flexibility index (Phi) is 4.18. The number of halogens is 2. The van der Waals surface area contributed by atoms with Crippen molar-refractivity contribution in [1.29, 1.82) is 0 Å². The van der Waals surface area contributed by atoms with Crippen molar-refractivity contribution in [3.05, 3.63) is 53.4 Å². The third-order valence-corrected chi connectivity index (χ3v) is 4.06. The van der Waals surface area contributed by atoms with Crippen LogP contribution >= 0.6 is 0 Å². The summed E-state index contributed by atoms with van der Waals surface area (Å²) >= 11 is 0. The lowest BCUT2D eigenvalue weighted by atomic mass is 9.93. The van der Waals surface area contributed by atoms with E-state index < -0.39 is 11.6 Å². The first-order chi connectivity index (χ1) is 11.0. The van der Waals surface area contributed by atoms with Gasteiger partial charge in [0, 0.05) is 36.5 Å². The van der Waals surface area contributed by atoms with Crippen molar-refractivity contribution in [2.24, 2.45) is 0 Å². The van der Waals surface area contributed by atoms with Crippen LogP contribution in [0.15, 0.2) is 30.5 Å². The summed E-state index contributed by atoms with van der Waals surface area (Å²) < 4.78 is 26.2. The minimum atomic E-state index is -1.01. The SMILES string of the molecule is Nc1nccc(C2CCN(C(=O)c3ccc(F)c(F)c3)CC2)n1. The van der Waals surface area contributed by atoms with Crippen LogP contribution in [0.4, 0.5) is 14.7 Å². The fraction of sp³-hybridized carbons (Fsp3) is 0.312. The predicted molar refractivity (Wildman–Crippen MR) is 80.7 cm³/mol. The number of hydrogen-bond donors (Lipinski definition) is 1. The summed E-state index contributed by atoms with van der Waals surface area (Å²) in [7, 11) is 0. The minimum absolute atomic E-state index is 0.161. The zero-order valence-electron chi connectivity index (χ0n) is 12.4. The molecule has 1 aliphatic heterocycles. The standard InChI is InChI=1S/C16H16F2N4O/c17-12-2-1-11(9-13(12)18)15(23)22-7-4-10(5-8-22)14-3-6-20-16(19)21-14/h1-3,6,9-10H,4-5,7-8H2,(H2,19,20,21). The molecule has 0 bridgehead atoms. The molecule has 5 nitrogen and oxygen atoms in total. The molecule has 0 saturated carbocycles. The molecule has 1 aromatic heterocycles. The summed E-state index contributed by atoms with van der Waals surface area (Å²) in [6.45, 7) is 1.07. The summed E-state index contributed by atoms with van der Waals surface area (Å²) in [5, 5.41) is 0. The number of anilines is 1. The van der Waals surface area contributed by atoms with Crippen molar-refractivity contribution in [3.63, 3.8) is 0 Å². The van der Waals surface area contributed by atoms with Crippen LogP contribution in [-0.4, -0.2) is 33.9 Å². The molecule has 1 saturated heterocycles. The monoisotopic (exact) mass is 318 g/mol. The molecular weight excluding hydrogens is 302 g/mol. The van der Waals surface area contributed by atoms with Crippen LogP contribution in [0.3, 0.4) is 0 Å². The quantitative estimate of drug-likeness (QED) is 0.922. The summed E-state index contributed by atoms with van der Waals surface area (Å²) in [4.78, 5) is 22.1. The van der Waals surface area contributed by atoms with Crippen LogP contribution < -0.4 is 5.73 Å². The second kappa shape index (κ2) is 6.28. The zero-order valence-corrected chi connectivity index (χ0v) is 12.4. The van der Waals surface area contributed by atoms with Gasteiger partial charge in [0.1, 0.15) is 0 Å². The van der Waals surface area contributed by atoms with E-state index in [1.165, 1.54) is 6.07 Å². The lowest BCUT2D eigenvalue weighted by molar-refractivity contribution is 0.0711. The molecule has 0 radical (unpaired) electrons. The van der Waals surface area contributed by atoms with Crippen molar-refractivity contribution in [1.82, 2.24) is 14.9 Å². The molecule has 23 heavy (non-hydrogen) atoms. The van der Waals surface area contributed by atoms with Crippen LogP contribution in [0.2, 0.25) is 0 Å². The second-order valence-electron chi connectivity index (χ2n) is 5.54. The number of aromatic nitrogens is 2. The van der Waals surface area contributed by atoms with E-state index in [1.807, 2.05) is 6.07 Å². The zero-order chi connectivity index (χ0) is 16.4. The van der Waals surface area contributed by atoms with Gasteiger partial charge in [-0.1, -0.05) is 0 Å². The number of nitrogens with zero attached hydrogens (tertiary/aromatic N) is 3. The van der Waals surface area contributed by atoms with Crippen LogP contribution in [0.1, 0.15) is 34.8 Å². The van der Waals surface area contributed by atoms with E-state index in [2.05, 4.69) is 9.97 Å². The van der Waals surface area contributed by atoms with Gasteiger partial charge in [-0.25, -0.2) is 18.7 Å². The van der Waals surface area contributed by atoms with Crippen molar-refractivity contribution < 1.29 is 13.6 Å². The normalized spacial score (nSPS) is 15.7. The maximum atomic E-state index is 13.3. The van der Waals surface area contributed by atoms with Gasteiger partial charge < -0.3 is 10.6 Å². The average Bonchev–Trinajstić information content (AvgIpc) is 2.57. The van der Waals surface area contributed by atoms with E-state index in [1.54, 1.807) is 11.1 Å². The number of nitrogen functional groups attached to an aromatic ring is 1. The highest BCUT2D eigenvalue weighted by Gasteiger charge is 2.25. The largest absolute Gasteiger partial charge is 0.368 e. The van der Waals surface area contributed by atoms with Crippen molar-refractivity contribution in [2.75, 3.05) is 18.8 Å². The molecule has 1 aromatic carbocycles. The highest BCUT2D eigenvalue weighted by molar-refractivity contribution is 5.94. The average molecular weight is 318 g/mol.